The minimum absolute atomic E-state index is 0.0258. The second kappa shape index (κ2) is 7.64. The van der Waals surface area contributed by atoms with E-state index < -0.39 is 31.6 Å². The molecule has 1 saturated heterocycles. The lowest BCUT2D eigenvalue weighted by Gasteiger charge is -2.34. The summed E-state index contributed by atoms with van der Waals surface area (Å²) in [5.41, 5.74) is 0.0842. The zero-order valence-electron chi connectivity index (χ0n) is 15.0. The monoisotopic (exact) mass is 407 g/mol. The Morgan fingerprint density at radius 1 is 1.07 bits per heavy atom. The molecule has 0 aliphatic carbocycles. The lowest BCUT2D eigenvalue weighted by Crippen LogP contribution is -2.50. The first kappa shape index (κ1) is 19.9. The SMILES string of the molecule is Cc1cccc(C(=O)N2CCN(S(=O)(=O)c3ccccc3F)CC2)c1[N+](=O)[O-]. The van der Waals surface area contributed by atoms with Crippen molar-refractivity contribution in [3.8, 4) is 0 Å². The number of nitro benzene ring substituents is 1. The maximum atomic E-state index is 13.9. The van der Waals surface area contributed by atoms with Gasteiger partial charge in [0.15, 0.2) is 0 Å². The van der Waals surface area contributed by atoms with Crippen LogP contribution in [-0.4, -0.2) is 54.6 Å². The van der Waals surface area contributed by atoms with Crippen LogP contribution in [0, 0.1) is 22.9 Å². The van der Waals surface area contributed by atoms with Crippen LogP contribution in [0.3, 0.4) is 0 Å². The summed E-state index contributed by atoms with van der Waals surface area (Å²) < 4.78 is 40.3. The number of nitro groups is 1. The first-order chi connectivity index (χ1) is 13.2. The number of hydrogen-bond donors (Lipinski definition) is 0. The minimum atomic E-state index is -4.02. The van der Waals surface area contributed by atoms with Gasteiger partial charge >= 0.3 is 0 Å². The van der Waals surface area contributed by atoms with E-state index in [0.29, 0.717) is 5.56 Å². The first-order valence-electron chi connectivity index (χ1n) is 8.51. The van der Waals surface area contributed by atoms with E-state index >= 15 is 0 Å². The molecule has 28 heavy (non-hydrogen) atoms. The number of piperazine rings is 1. The highest BCUT2D eigenvalue weighted by Crippen LogP contribution is 2.26. The molecule has 8 nitrogen and oxygen atoms in total. The Balaban J connectivity index is 1.78. The van der Waals surface area contributed by atoms with E-state index in [4.69, 9.17) is 0 Å². The first-order valence-corrected chi connectivity index (χ1v) is 9.95. The quantitative estimate of drug-likeness (QED) is 0.571. The van der Waals surface area contributed by atoms with Gasteiger partial charge in [-0.1, -0.05) is 24.3 Å². The van der Waals surface area contributed by atoms with Gasteiger partial charge in [0.05, 0.1) is 4.92 Å². The van der Waals surface area contributed by atoms with Crippen LogP contribution in [0.4, 0.5) is 10.1 Å². The Bertz CT molecular complexity index is 1030. The topological polar surface area (TPSA) is 101 Å². The van der Waals surface area contributed by atoms with Gasteiger partial charge in [-0.2, -0.15) is 4.31 Å². The Kier molecular flexibility index (Phi) is 5.43. The van der Waals surface area contributed by atoms with Crippen LogP contribution in [0.1, 0.15) is 15.9 Å². The number of aryl methyl sites for hydroxylation is 1. The number of benzene rings is 2. The van der Waals surface area contributed by atoms with E-state index in [1.54, 1.807) is 19.1 Å². The molecule has 2 aromatic carbocycles. The van der Waals surface area contributed by atoms with Crippen LogP contribution >= 0.6 is 0 Å². The predicted octanol–water partition coefficient (Wildman–Crippen LogP) is 2.19. The molecule has 0 unspecified atom stereocenters. The Morgan fingerprint density at radius 3 is 2.32 bits per heavy atom. The molecule has 10 heteroatoms. The minimum Gasteiger partial charge on any atom is -0.336 e. The van der Waals surface area contributed by atoms with Crippen molar-refractivity contribution in [3.05, 3.63) is 69.5 Å². The smallest absolute Gasteiger partial charge is 0.285 e. The van der Waals surface area contributed by atoms with Crippen LogP contribution in [0.5, 0.6) is 0 Å². The third-order valence-corrected chi connectivity index (χ3v) is 6.56. The second-order valence-corrected chi connectivity index (χ2v) is 8.26. The molecule has 0 radical (unpaired) electrons. The van der Waals surface area contributed by atoms with E-state index in [2.05, 4.69) is 0 Å². The van der Waals surface area contributed by atoms with E-state index in [1.807, 2.05) is 0 Å². The summed E-state index contributed by atoms with van der Waals surface area (Å²) in [6.07, 6.45) is 0. The number of hydrogen-bond acceptors (Lipinski definition) is 5. The molecule has 2 aromatic rings. The average molecular weight is 407 g/mol. The number of rotatable bonds is 4. The Hall–Kier alpha value is -2.85. The molecule has 0 spiro atoms. The van der Waals surface area contributed by atoms with Gasteiger partial charge in [-0.3, -0.25) is 14.9 Å². The number of carbonyl (C=O) groups excluding carboxylic acids is 1. The zero-order chi connectivity index (χ0) is 20.5. The van der Waals surface area contributed by atoms with Crippen LogP contribution in [-0.2, 0) is 10.0 Å². The molecule has 0 saturated carbocycles. The van der Waals surface area contributed by atoms with E-state index in [1.165, 1.54) is 29.2 Å². The van der Waals surface area contributed by atoms with E-state index in [9.17, 15) is 27.7 Å². The maximum absolute atomic E-state index is 13.9. The van der Waals surface area contributed by atoms with Gasteiger partial charge in [-0.05, 0) is 25.1 Å². The molecular formula is C18H18FN3O5S. The third kappa shape index (κ3) is 3.60. The van der Waals surface area contributed by atoms with E-state index in [-0.39, 0.29) is 37.4 Å². The number of nitrogens with zero attached hydrogens (tertiary/aromatic N) is 3. The molecule has 1 aliphatic rings. The highest BCUT2D eigenvalue weighted by Gasteiger charge is 2.33. The van der Waals surface area contributed by atoms with Crippen molar-refractivity contribution >= 4 is 21.6 Å². The molecular weight excluding hydrogens is 389 g/mol. The summed E-state index contributed by atoms with van der Waals surface area (Å²) in [6, 6.07) is 9.60. The summed E-state index contributed by atoms with van der Waals surface area (Å²) in [5, 5.41) is 11.3. The lowest BCUT2D eigenvalue weighted by atomic mass is 10.1. The maximum Gasteiger partial charge on any atom is 0.285 e. The van der Waals surface area contributed by atoms with Gasteiger partial charge in [0, 0.05) is 31.7 Å². The fraction of sp³-hybridized carbons (Fsp3) is 0.278. The third-order valence-electron chi connectivity index (χ3n) is 4.63. The van der Waals surface area contributed by atoms with E-state index in [0.717, 1.165) is 10.4 Å². The normalized spacial score (nSPS) is 15.4. The fourth-order valence-electron chi connectivity index (χ4n) is 3.17. The lowest BCUT2D eigenvalue weighted by molar-refractivity contribution is -0.385. The molecule has 0 atom stereocenters. The predicted molar refractivity (Wildman–Crippen MR) is 98.9 cm³/mol. The Labute approximate surface area is 161 Å². The molecule has 1 amide bonds. The zero-order valence-corrected chi connectivity index (χ0v) is 15.9. The standard InChI is InChI=1S/C18H18FN3O5S/c1-13-5-4-6-14(17(13)22(24)25)18(23)20-9-11-21(12-10-20)28(26,27)16-8-3-2-7-15(16)19/h2-8H,9-12H2,1H3. The molecule has 0 bridgehead atoms. The van der Waals surface area contributed by atoms with Crippen LogP contribution < -0.4 is 0 Å². The number of amides is 1. The largest absolute Gasteiger partial charge is 0.336 e. The molecule has 0 N–H and O–H groups in total. The summed E-state index contributed by atoms with van der Waals surface area (Å²) in [5.74, 6) is -1.37. The summed E-state index contributed by atoms with van der Waals surface area (Å²) in [6.45, 7) is 1.60. The molecule has 148 valence electrons. The summed E-state index contributed by atoms with van der Waals surface area (Å²) in [4.78, 5) is 24.4. The number of carbonyl (C=O) groups is 1. The van der Waals surface area contributed by atoms with Crippen molar-refractivity contribution in [2.75, 3.05) is 26.2 Å². The van der Waals surface area contributed by atoms with Crippen molar-refractivity contribution in [1.29, 1.82) is 0 Å². The van der Waals surface area contributed by atoms with Crippen molar-refractivity contribution in [2.45, 2.75) is 11.8 Å². The molecule has 1 fully saturated rings. The number of sulfonamides is 1. The molecule has 3 rings (SSSR count). The Morgan fingerprint density at radius 2 is 1.71 bits per heavy atom. The van der Waals surface area contributed by atoms with Crippen molar-refractivity contribution in [1.82, 2.24) is 9.21 Å². The number of halogens is 1. The van der Waals surface area contributed by atoms with Gasteiger partial charge in [0.25, 0.3) is 11.6 Å². The van der Waals surface area contributed by atoms with Gasteiger partial charge in [-0.15, -0.1) is 0 Å². The van der Waals surface area contributed by atoms with Gasteiger partial charge < -0.3 is 4.90 Å². The fourth-order valence-corrected chi connectivity index (χ4v) is 4.66. The summed E-state index contributed by atoms with van der Waals surface area (Å²) >= 11 is 0. The summed E-state index contributed by atoms with van der Waals surface area (Å²) in [7, 11) is -4.02. The highest BCUT2D eigenvalue weighted by molar-refractivity contribution is 7.89. The van der Waals surface area contributed by atoms with Crippen LogP contribution in [0.2, 0.25) is 0 Å². The van der Waals surface area contributed by atoms with Crippen molar-refractivity contribution in [2.24, 2.45) is 0 Å². The molecule has 1 aliphatic heterocycles. The van der Waals surface area contributed by atoms with Crippen molar-refractivity contribution in [3.63, 3.8) is 0 Å². The van der Waals surface area contributed by atoms with Gasteiger partial charge in [0.1, 0.15) is 16.3 Å². The van der Waals surface area contributed by atoms with Crippen LogP contribution in [0.15, 0.2) is 47.4 Å². The van der Waals surface area contributed by atoms with Gasteiger partial charge in [0.2, 0.25) is 10.0 Å². The second-order valence-electron chi connectivity index (χ2n) is 6.35. The van der Waals surface area contributed by atoms with Crippen LogP contribution in [0.25, 0.3) is 0 Å². The van der Waals surface area contributed by atoms with Gasteiger partial charge in [-0.25, -0.2) is 12.8 Å². The molecule has 1 heterocycles. The highest BCUT2D eigenvalue weighted by atomic mass is 32.2. The average Bonchev–Trinajstić information content (AvgIpc) is 2.67. The van der Waals surface area contributed by atoms with Crippen molar-refractivity contribution < 1.29 is 22.5 Å². The molecule has 0 aromatic heterocycles. The number of para-hydroxylation sites is 1.